The van der Waals surface area contributed by atoms with E-state index in [0.717, 1.165) is 0 Å². The maximum Gasteiger partial charge on any atom is 0.277 e. The van der Waals surface area contributed by atoms with Crippen molar-refractivity contribution in [3.8, 4) is 0 Å². The first-order chi connectivity index (χ1) is 12.4. The molecule has 0 spiro atoms. The minimum atomic E-state index is -4.04. The molecule has 26 heavy (non-hydrogen) atoms. The van der Waals surface area contributed by atoms with Crippen LogP contribution in [0.5, 0.6) is 0 Å². The third-order valence-electron chi connectivity index (χ3n) is 4.16. The van der Waals surface area contributed by atoms with Gasteiger partial charge in [0.2, 0.25) is 0 Å². The van der Waals surface area contributed by atoms with Gasteiger partial charge in [-0.3, -0.25) is 9.52 Å². The average Bonchev–Trinajstić information content (AvgIpc) is 2.94. The van der Waals surface area contributed by atoms with Crippen LogP contribution in [-0.4, -0.2) is 29.0 Å². The van der Waals surface area contributed by atoms with Crippen LogP contribution in [0.4, 0.5) is 5.82 Å². The average molecular weight is 370 g/mol. The summed E-state index contributed by atoms with van der Waals surface area (Å²) in [6.07, 6.45) is 1.48. The van der Waals surface area contributed by atoms with Crippen LogP contribution >= 0.6 is 0 Å². The van der Waals surface area contributed by atoms with Gasteiger partial charge in [-0.15, -0.1) is 0 Å². The summed E-state index contributed by atoms with van der Waals surface area (Å²) in [6.45, 7) is 0. The molecular formula is C17H14N4O4S. The molecule has 0 saturated heterocycles. The quantitative estimate of drug-likeness (QED) is 0.636. The molecule has 8 nitrogen and oxygen atoms in total. The lowest BCUT2D eigenvalue weighted by Crippen LogP contribution is -2.35. The van der Waals surface area contributed by atoms with Crippen LogP contribution < -0.4 is 10.0 Å². The fourth-order valence-electron chi connectivity index (χ4n) is 3.02. The number of para-hydroxylation sites is 1. The number of sulfonamides is 1. The highest BCUT2D eigenvalue weighted by molar-refractivity contribution is 7.90. The molecule has 0 unspecified atom stereocenters. The Labute approximate surface area is 148 Å². The van der Waals surface area contributed by atoms with Crippen LogP contribution in [0.25, 0.3) is 16.7 Å². The Hall–Kier alpha value is -3.33. The van der Waals surface area contributed by atoms with E-state index in [-0.39, 0.29) is 16.4 Å². The maximum absolute atomic E-state index is 12.7. The smallest absolute Gasteiger partial charge is 0.277 e. The second kappa shape index (κ2) is 5.60. The van der Waals surface area contributed by atoms with Gasteiger partial charge in [0.1, 0.15) is 16.4 Å². The normalized spacial score (nSPS) is 15.4. The van der Waals surface area contributed by atoms with Crippen LogP contribution in [0.2, 0.25) is 0 Å². The van der Waals surface area contributed by atoms with E-state index in [2.05, 4.69) is 15.0 Å². The Kier molecular flexibility index (Phi) is 3.48. The summed E-state index contributed by atoms with van der Waals surface area (Å²) >= 11 is 0. The molecule has 0 radical (unpaired) electrons. The van der Waals surface area contributed by atoms with Crippen LogP contribution in [0.15, 0.2) is 59.3 Å². The topological polar surface area (TPSA) is 113 Å². The first kappa shape index (κ1) is 16.2. The van der Waals surface area contributed by atoms with Gasteiger partial charge in [-0.05, 0) is 18.2 Å². The zero-order chi connectivity index (χ0) is 18.5. The van der Waals surface area contributed by atoms with Gasteiger partial charge in [-0.1, -0.05) is 24.3 Å². The number of anilines is 1. The molecule has 3 aromatic rings. The standard InChI is InChI=1S/C17H14N4O4S/c1-21-11-7-3-2-6-10(11)16-14(21)15(22)13(20-26(16,24)25)17(23)19-12-8-4-5-9-18-12/h2-9,20,22H,1H3,(H,18,19,23). The van der Waals surface area contributed by atoms with Gasteiger partial charge in [0.15, 0.2) is 11.5 Å². The number of aromatic nitrogens is 2. The van der Waals surface area contributed by atoms with Gasteiger partial charge in [0.05, 0.1) is 0 Å². The predicted octanol–water partition coefficient (Wildman–Crippen LogP) is 1.73. The molecule has 9 heteroatoms. The number of nitrogens with one attached hydrogen (secondary N) is 2. The molecule has 0 fully saturated rings. The Bertz CT molecular complexity index is 1180. The van der Waals surface area contributed by atoms with E-state index in [1.54, 1.807) is 54.1 Å². The molecular weight excluding hydrogens is 356 g/mol. The lowest BCUT2D eigenvalue weighted by atomic mass is 10.2. The molecule has 132 valence electrons. The summed E-state index contributed by atoms with van der Waals surface area (Å²) in [5.41, 5.74) is 0.242. The molecule has 4 rings (SSSR count). The highest BCUT2D eigenvalue weighted by atomic mass is 32.2. The van der Waals surface area contributed by atoms with Crippen molar-refractivity contribution in [2.75, 3.05) is 5.32 Å². The van der Waals surface area contributed by atoms with Gasteiger partial charge >= 0.3 is 0 Å². The summed E-state index contributed by atoms with van der Waals surface area (Å²) < 4.78 is 29.2. The molecule has 1 aromatic carbocycles. The maximum atomic E-state index is 12.7. The van der Waals surface area contributed by atoms with E-state index >= 15 is 0 Å². The number of rotatable bonds is 2. The molecule has 0 aliphatic carbocycles. The number of carbonyl (C=O) groups is 1. The molecule has 3 heterocycles. The number of aliphatic hydroxyl groups excluding tert-OH is 1. The second-order valence-corrected chi connectivity index (χ2v) is 7.37. The SMILES string of the molecule is Cn1c2c(c3ccccc31)S(=O)(=O)NC(C(=O)Nc1ccccn1)=C2O. The molecule has 2 aromatic heterocycles. The third-order valence-corrected chi connectivity index (χ3v) is 5.58. The van der Waals surface area contributed by atoms with E-state index in [1.165, 1.54) is 6.20 Å². The van der Waals surface area contributed by atoms with Crippen molar-refractivity contribution >= 4 is 38.4 Å². The van der Waals surface area contributed by atoms with Crippen molar-refractivity contribution in [1.29, 1.82) is 0 Å². The van der Waals surface area contributed by atoms with Gasteiger partial charge in [0.25, 0.3) is 15.9 Å². The zero-order valence-electron chi connectivity index (χ0n) is 13.6. The number of hydrogen-bond acceptors (Lipinski definition) is 5. The molecule has 1 amide bonds. The highest BCUT2D eigenvalue weighted by Crippen LogP contribution is 2.37. The number of hydrogen-bond donors (Lipinski definition) is 3. The molecule has 0 atom stereocenters. The van der Waals surface area contributed by atoms with Crippen LogP contribution in [0.3, 0.4) is 0 Å². The first-order valence-electron chi connectivity index (χ1n) is 7.66. The van der Waals surface area contributed by atoms with E-state index in [0.29, 0.717) is 10.9 Å². The molecule has 1 aliphatic heterocycles. The largest absolute Gasteiger partial charge is 0.504 e. The zero-order valence-corrected chi connectivity index (χ0v) is 14.4. The molecule has 0 bridgehead atoms. The van der Waals surface area contributed by atoms with Crippen LogP contribution in [0, 0.1) is 0 Å². The minimum Gasteiger partial charge on any atom is -0.504 e. The number of fused-ring (bicyclic) bond motifs is 3. The van der Waals surface area contributed by atoms with E-state index < -0.39 is 27.4 Å². The Balaban J connectivity index is 1.90. The Morgan fingerprint density at radius 3 is 2.65 bits per heavy atom. The third kappa shape index (κ3) is 2.32. The fraction of sp³-hybridized carbons (Fsp3) is 0.0588. The number of aliphatic hydroxyl groups is 1. The van der Waals surface area contributed by atoms with Crippen molar-refractivity contribution in [3.63, 3.8) is 0 Å². The lowest BCUT2D eigenvalue weighted by molar-refractivity contribution is -0.113. The molecule has 1 aliphatic rings. The molecule has 0 saturated carbocycles. The number of benzene rings is 1. The monoisotopic (exact) mass is 370 g/mol. The Morgan fingerprint density at radius 1 is 1.19 bits per heavy atom. The van der Waals surface area contributed by atoms with Gasteiger partial charge in [-0.25, -0.2) is 13.4 Å². The van der Waals surface area contributed by atoms with Crippen molar-refractivity contribution in [2.45, 2.75) is 4.90 Å². The van der Waals surface area contributed by atoms with Crippen LogP contribution in [0.1, 0.15) is 5.69 Å². The van der Waals surface area contributed by atoms with Gasteiger partial charge in [0, 0.05) is 24.1 Å². The number of amides is 1. The van der Waals surface area contributed by atoms with E-state index in [1.807, 2.05) is 0 Å². The summed E-state index contributed by atoms with van der Waals surface area (Å²) in [5, 5.41) is 13.6. The first-order valence-corrected chi connectivity index (χ1v) is 9.14. The second-order valence-electron chi connectivity index (χ2n) is 5.75. The minimum absolute atomic E-state index is 0.0533. The highest BCUT2D eigenvalue weighted by Gasteiger charge is 2.37. The number of pyridine rings is 1. The van der Waals surface area contributed by atoms with Crippen molar-refractivity contribution in [2.24, 2.45) is 7.05 Å². The van der Waals surface area contributed by atoms with Crippen molar-refractivity contribution in [3.05, 3.63) is 60.1 Å². The van der Waals surface area contributed by atoms with E-state index in [9.17, 15) is 18.3 Å². The fourth-order valence-corrected chi connectivity index (χ4v) is 4.53. The number of aryl methyl sites for hydroxylation is 1. The summed E-state index contributed by atoms with van der Waals surface area (Å²) in [7, 11) is -2.41. The Morgan fingerprint density at radius 2 is 1.92 bits per heavy atom. The van der Waals surface area contributed by atoms with Crippen molar-refractivity contribution in [1.82, 2.24) is 14.3 Å². The van der Waals surface area contributed by atoms with Crippen molar-refractivity contribution < 1.29 is 18.3 Å². The number of nitrogens with zero attached hydrogens (tertiary/aromatic N) is 2. The lowest BCUT2D eigenvalue weighted by Gasteiger charge is -2.19. The predicted molar refractivity (Wildman–Crippen MR) is 95.7 cm³/mol. The summed E-state index contributed by atoms with van der Waals surface area (Å²) in [4.78, 5) is 16.4. The van der Waals surface area contributed by atoms with E-state index in [4.69, 9.17) is 0 Å². The van der Waals surface area contributed by atoms with Gasteiger partial charge < -0.3 is 15.0 Å². The summed E-state index contributed by atoms with van der Waals surface area (Å²) in [5.74, 6) is -1.01. The molecule has 3 N–H and O–H groups in total. The van der Waals surface area contributed by atoms with Crippen LogP contribution in [-0.2, 0) is 21.9 Å². The van der Waals surface area contributed by atoms with Gasteiger partial charge in [-0.2, -0.15) is 0 Å². The summed E-state index contributed by atoms with van der Waals surface area (Å²) in [6, 6.07) is 11.8. The number of carbonyl (C=O) groups excluding carboxylic acids is 1.